The Morgan fingerprint density at radius 1 is 1.35 bits per heavy atom. The first kappa shape index (κ1) is 10.9. The number of anilines is 1. The minimum atomic E-state index is -0.469. The van der Waals surface area contributed by atoms with E-state index in [0.717, 1.165) is 6.07 Å². The van der Waals surface area contributed by atoms with Gasteiger partial charge in [-0.15, -0.1) is 0 Å². The van der Waals surface area contributed by atoms with E-state index in [9.17, 15) is 4.39 Å². The Morgan fingerprint density at radius 3 is 2.94 bits per heavy atom. The molecule has 0 radical (unpaired) electrons. The highest BCUT2D eigenvalue weighted by atomic mass is 19.1. The van der Waals surface area contributed by atoms with Crippen LogP contribution in [0.25, 0.3) is 0 Å². The minimum absolute atomic E-state index is 0.104. The summed E-state index contributed by atoms with van der Waals surface area (Å²) in [7, 11) is 0. The molecule has 1 aromatic carbocycles. The lowest BCUT2D eigenvalue weighted by Crippen LogP contribution is -1.96. The molecule has 0 unspecified atom stereocenters. The predicted octanol–water partition coefficient (Wildman–Crippen LogP) is 2.47. The van der Waals surface area contributed by atoms with Crippen molar-refractivity contribution >= 4 is 5.69 Å². The molecule has 2 N–H and O–H groups in total. The summed E-state index contributed by atoms with van der Waals surface area (Å²) in [5.41, 5.74) is 6.17. The molecule has 0 amide bonds. The van der Waals surface area contributed by atoms with E-state index in [1.165, 1.54) is 18.3 Å². The maximum atomic E-state index is 13.0. The molecular formula is C12H8FN3O. The second-order valence-electron chi connectivity index (χ2n) is 3.25. The van der Waals surface area contributed by atoms with E-state index in [0.29, 0.717) is 0 Å². The molecule has 1 heterocycles. The number of halogens is 1. The molecule has 0 aliphatic carbocycles. The number of nitrogen functional groups attached to an aromatic ring is 1. The number of nitriles is 1. The second kappa shape index (κ2) is 4.49. The molecule has 0 aliphatic heterocycles. The Morgan fingerprint density at radius 2 is 2.18 bits per heavy atom. The smallest absolute Gasteiger partial charge is 0.237 e. The highest BCUT2D eigenvalue weighted by Gasteiger charge is 2.08. The van der Waals surface area contributed by atoms with Gasteiger partial charge in [0, 0.05) is 12.3 Å². The maximum Gasteiger partial charge on any atom is 0.237 e. The Hall–Kier alpha value is -2.61. The van der Waals surface area contributed by atoms with Gasteiger partial charge in [0.2, 0.25) is 5.88 Å². The molecule has 1 aromatic heterocycles. The fourth-order valence-electron chi connectivity index (χ4n) is 1.26. The van der Waals surface area contributed by atoms with E-state index in [1.807, 2.05) is 6.07 Å². The number of nitrogens with zero attached hydrogens (tertiary/aromatic N) is 2. The third-order valence-corrected chi connectivity index (χ3v) is 2.07. The van der Waals surface area contributed by atoms with Crippen molar-refractivity contribution in [1.29, 1.82) is 5.26 Å². The number of ether oxygens (including phenoxy) is 1. The molecule has 5 heteroatoms. The van der Waals surface area contributed by atoms with Gasteiger partial charge in [0.25, 0.3) is 0 Å². The van der Waals surface area contributed by atoms with Gasteiger partial charge in [-0.3, -0.25) is 0 Å². The second-order valence-corrected chi connectivity index (χ2v) is 3.25. The van der Waals surface area contributed by atoms with Crippen molar-refractivity contribution in [2.24, 2.45) is 0 Å². The van der Waals surface area contributed by atoms with Crippen LogP contribution in [0.1, 0.15) is 5.56 Å². The summed E-state index contributed by atoms with van der Waals surface area (Å²) in [6, 6.07) is 8.85. The lowest BCUT2D eigenvalue weighted by atomic mass is 10.3. The van der Waals surface area contributed by atoms with Gasteiger partial charge in [0.15, 0.2) is 5.75 Å². The standard InChI is InChI=1S/C12H8FN3O/c13-9-3-4-10(15)11(6-9)17-12-8(7-14)2-1-5-16-12/h1-6H,15H2. The zero-order valence-corrected chi connectivity index (χ0v) is 8.72. The van der Waals surface area contributed by atoms with Crippen LogP contribution in [0.3, 0.4) is 0 Å². The summed E-state index contributed by atoms with van der Waals surface area (Å²) in [6.07, 6.45) is 1.48. The zero-order chi connectivity index (χ0) is 12.3. The SMILES string of the molecule is N#Cc1cccnc1Oc1cc(F)ccc1N. The van der Waals surface area contributed by atoms with Gasteiger partial charge in [0.1, 0.15) is 17.4 Å². The summed E-state index contributed by atoms with van der Waals surface area (Å²) >= 11 is 0. The molecule has 4 nitrogen and oxygen atoms in total. The van der Waals surface area contributed by atoms with Crippen molar-refractivity contribution in [3.63, 3.8) is 0 Å². The van der Waals surface area contributed by atoms with E-state index in [4.69, 9.17) is 15.7 Å². The third kappa shape index (κ3) is 2.32. The van der Waals surface area contributed by atoms with Crippen molar-refractivity contribution in [1.82, 2.24) is 4.98 Å². The number of nitrogens with two attached hydrogens (primary N) is 1. The van der Waals surface area contributed by atoms with Gasteiger partial charge in [-0.05, 0) is 24.3 Å². The van der Waals surface area contributed by atoms with E-state index in [1.54, 1.807) is 12.1 Å². The van der Waals surface area contributed by atoms with E-state index in [2.05, 4.69) is 4.98 Å². The molecule has 0 atom stereocenters. The summed E-state index contributed by atoms with van der Waals surface area (Å²) in [6.45, 7) is 0. The molecule has 84 valence electrons. The topological polar surface area (TPSA) is 71.9 Å². The molecule has 0 bridgehead atoms. The fraction of sp³-hybridized carbons (Fsp3) is 0. The maximum absolute atomic E-state index is 13.0. The largest absolute Gasteiger partial charge is 0.435 e. The molecule has 17 heavy (non-hydrogen) atoms. The number of pyridine rings is 1. The molecule has 2 aromatic rings. The predicted molar refractivity (Wildman–Crippen MR) is 59.8 cm³/mol. The van der Waals surface area contributed by atoms with Crippen molar-refractivity contribution in [3.8, 4) is 17.7 Å². The monoisotopic (exact) mass is 229 g/mol. The highest BCUT2D eigenvalue weighted by Crippen LogP contribution is 2.28. The van der Waals surface area contributed by atoms with Crippen LogP contribution in [0.2, 0.25) is 0 Å². The highest BCUT2D eigenvalue weighted by molar-refractivity contribution is 5.54. The zero-order valence-electron chi connectivity index (χ0n) is 8.72. The first-order valence-electron chi connectivity index (χ1n) is 4.78. The number of benzene rings is 1. The first-order valence-corrected chi connectivity index (χ1v) is 4.78. The molecular weight excluding hydrogens is 221 g/mol. The van der Waals surface area contributed by atoms with Crippen LogP contribution in [0, 0.1) is 17.1 Å². The number of aromatic nitrogens is 1. The molecule has 2 rings (SSSR count). The first-order chi connectivity index (χ1) is 8.20. The molecule has 0 fully saturated rings. The van der Waals surface area contributed by atoms with E-state index < -0.39 is 5.82 Å². The van der Waals surface area contributed by atoms with Crippen molar-refractivity contribution in [2.45, 2.75) is 0 Å². The average molecular weight is 229 g/mol. The van der Waals surface area contributed by atoms with Crippen LogP contribution >= 0.6 is 0 Å². The van der Waals surface area contributed by atoms with Crippen LogP contribution in [0.5, 0.6) is 11.6 Å². The number of hydrogen-bond donors (Lipinski definition) is 1. The van der Waals surface area contributed by atoms with Crippen LogP contribution in [0.15, 0.2) is 36.5 Å². The Balaban J connectivity index is 2.38. The van der Waals surface area contributed by atoms with Gasteiger partial charge < -0.3 is 10.5 Å². The summed E-state index contributed by atoms with van der Waals surface area (Å²) in [5.74, 6) is -0.226. The van der Waals surface area contributed by atoms with Gasteiger partial charge in [0.05, 0.1) is 5.69 Å². The van der Waals surface area contributed by atoms with Crippen molar-refractivity contribution in [3.05, 3.63) is 47.9 Å². The van der Waals surface area contributed by atoms with Gasteiger partial charge in [-0.1, -0.05) is 0 Å². The molecule has 0 saturated carbocycles. The van der Waals surface area contributed by atoms with E-state index in [-0.39, 0.29) is 22.9 Å². The Kier molecular flexibility index (Phi) is 2.88. The quantitative estimate of drug-likeness (QED) is 0.803. The lowest BCUT2D eigenvalue weighted by molar-refractivity contribution is 0.459. The van der Waals surface area contributed by atoms with Crippen molar-refractivity contribution in [2.75, 3.05) is 5.73 Å². The van der Waals surface area contributed by atoms with E-state index >= 15 is 0 Å². The van der Waals surface area contributed by atoms with Gasteiger partial charge in [-0.2, -0.15) is 5.26 Å². The minimum Gasteiger partial charge on any atom is -0.435 e. The Bertz CT molecular complexity index is 593. The fourth-order valence-corrected chi connectivity index (χ4v) is 1.26. The third-order valence-electron chi connectivity index (χ3n) is 2.07. The van der Waals surface area contributed by atoms with Crippen LogP contribution < -0.4 is 10.5 Å². The normalized spacial score (nSPS) is 9.65. The van der Waals surface area contributed by atoms with Crippen LogP contribution in [-0.2, 0) is 0 Å². The van der Waals surface area contributed by atoms with Gasteiger partial charge in [-0.25, -0.2) is 9.37 Å². The number of hydrogen-bond acceptors (Lipinski definition) is 4. The number of rotatable bonds is 2. The summed E-state index contributed by atoms with van der Waals surface area (Å²) in [4.78, 5) is 3.89. The lowest BCUT2D eigenvalue weighted by Gasteiger charge is -2.08. The average Bonchev–Trinajstić information content (AvgIpc) is 2.34. The molecule has 0 saturated heterocycles. The summed E-state index contributed by atoms with van der Waals surface area (Å²) < 4.78 is 18.3. The molecule has 0 spiro atoms. The van der Waals surface area contributed by atoms with Crippen LogP contribution in [0.4, 0.5) is 10.1 Å². The van der Waals surface area contributed by atoms with Gasteiger partial charge >= 0.3 is 0 Å². The van der Waals surface area contributed by atoms with Crippen molar-refractivity contribution < 1.29 is 9.13 Å². The van der Waals surface area contributed by atoms with Crippen LogP contribution in [-0.4, -0.2) is 4.98 Å². The Labute approximate surface area is 97.1 Å². The summed E-state index contributed by atoms with van der Waals surface area (Å²) in [5, 5.41) is 8.85. The molecule has 0 aliphatic rings.